The van der Waals surface area contributed by atoms with E-state index in [4.69, 9.17) is 4.74 Å². The highest BCUT2D eigenvalue weighted by atomic mass is 16.6. The van der Waals surface area contributed by atoms with Crippen molar-refractivity contribution in [2.24, 2.45) is 0 Å². The first-order chi connectivity index (χ1) is 13.0. The van der Waals surface area contributed by atoms with Gasteiger partial charge in [0.1, 0.15) is 5.56 Å². The summed E-state index contributed by atoms with van der Waals surface area (Å²) in [5.41, 5.74) is 2.11. The minimum Gasteiger partial charge on any atom is -0.462 e. The molecule has 7 heteroatoms. The largest absolute Gasteiger partial charge is 0.462 e. The molecule has 0 fully saturated rings. The van der Waals surface area contributed by atoms with E-state index >= 15 is 0 Å². The van der Waals surface area contributed by atoms with Gasteiger partial charge in [-0.2, -0.15) is 0 Å². The molecule has 3 aromatic rings. The molecule has 0 saturated carbocycles. The summed E-state index contributed by atoms with van der Waals surface area (Å²) in [7, 11) is 0. The first kappa shape index (κ1) is 18.2. The Morgan fingerprint density at radius 2 is 1.78 bits per heavy atom. The molecule has 2 aromatic carbocycles. The summed E-state index contributed by atoms with van der Waals surface area (Å²) in [6, 6.07) is 15.3. The maximum Gasteiger partial charge on any atom is 0.342 e. The van der Waals surface area contributed by atoms with Gasteiger partial charge in [-0.1, -0.05) is 42.5 Å². The highest BCUT2D eigenvalue weighted by molar-refractivity contribution is 5.97. The number of non-ortho nitro benzene ring substituents is 1. The van der Waals surface area contributed by atoms with Crippen molar-refractivity contribution in [3.05, 3.63) is 76.0 Å². The molecule has 7 nitrogen and oxygen atoms in total. The molecule has 0 spiro atoms. The van der Waals surface area contributed by atoms with Crippen molar-refractivity contribution in [3.8, 4) is 22.6 Å². The number of nitro groups is 1. The number of nitrogens with zero attached hydrogens (tertiary/aromatic N) is 3. The third kappa shape index (κ3) is 3.82. The number of ether oxygens (including phenoxy) is 1. The van der Waals surface area contributed by atoms with Gasteiger partial charge in [-0.3, -0.25) is 10.1 Å². The number of hydrogen-bond donors (Lipinski definition) is 0. The molecule has 0 amide bonds. The van der Waals surface area contributed by atoms with Crippen LogP contribution in [0, 0.1) is 17.0 Å². The Labute approximate surface area is 155 Å². The molecule has 0 radical (unpaired) electrons. The van der Waals surface area contributed by atoms with Crippen molar-refractivity contribution in [2.75, 3.05) is 6.61 Å². The lowest BCUT2D eigenvalue weighted by Crippen LogP contribution is -2.12. The molecule has 0 atom stereocenters. The monoisotopic (exact) mass is 363 g/mol. The number of carbonyl (C=O) groups excluding carboxylic acids is 1. The second kappa shape index (κ2) is 7.74. The zero-order valence-electron chi connectivity index (χ0n) is 14.9. The summed E-state index contributed by atoms with van der Waals surface area (Å²) in [6.45, 7) is 3.60. The Morgan fingerprint density at radius 1 is 1.07 bits per heavy atom. The van der Waals surface area contributed by atoms with Crippen LogP contribution in [0.5, 0.6) is 0 Å². The van der Waals surface area contributed by atoms with Crippen molar-refractivity contribution < 1.29 is 14.5 Å². The minimum absolute atomic E-state index is 0.0835. The Hall–Kier alpha value is -3.61. The predicted octanol–water partition coefficient (Wildman–Crippen LogP) is 4.20. The Kier molecular flexibility index (Phi) is 5.21. The Bertz CT molecular complexity index is 1000. The van der Waals surface area contributed by atoms with E-state index in [1.54, 1.807) is 26.0 Å². The van der Waals surface area contributed by atoms with Crippen molar-refractivity contribution in [1.29, 1.82) is 0 Å². The van der Waals surface area contributed by atoms with Gasteiger partial charge in [-0.05, 0) is 13.8 Å². The van der Waals surface area contributed by atoms with Crippen LogP contribution in [0.4, 0.5) is 5.69 Å². The lowest BCUT2D eigenvalue weighted by molar-refractivity contribution is -0.384. The van der Waals surface area contributed by atoms with Gasteiger partial charge in [0.15, 0.2) is 5.82 Å². The first-order valence-electron chi connectivity index (χ1n) is 8.37. The molecule has 1 aromatic heterocycles. The molecular formula is C20H17N3O4. The molecule has 0 saturated heterocycles. The van der Waals surface area contributed by atoms with E-state index in [2.05, 4.69) is 9.97 Å². The van der Waals surface area contributed by atoms with Crippen molar-refractivity contribution in [1.82, 2.24) is 9.97 Å². The van der Waals surface area contributed by atoms with Gasteiger partial charge in [0.25, 0.3) is 5.69 Å². The second-order valence-electron chi connectivity index (χ2n) is 5.75. The summed E-state index contributed by atoms with van der Waals surface area (Å²) >= 11 is 0. The number of aromatic nitrogens is 2. The van der Waals surface area contributed by atoms with E-state index in [9.17, 15) is 14.9 Å². The number of carbonyl (C=O) groups is 1. The normalized spacial score (nSPS) is 10.4. The Balaban J connectivity index is 2.25. The molecule has 0 unspecified atom stereocenters. The average Bonchev–Trinajstić information content (AvgIpc) is 2.68. The van der Waals surface area contributed by atoms with Crippen LogP contribution in [0.1, 0.15) is 23.0 Å². The smallest absolute Gasteiger partial charge is 0.342 e. The maximum atomic E-state index is 12.5. The van der Waals surface area contributed by atoms with Gasteiger partial charge < -0.3 is 4.74 Å². The molecular weight excluding hydrogens is 346 g/mol. The standard InChI is InChI=1S/C20H17N3O4/c1-3-27-20(24)17-13(2)21-19(14-8-5-4-6-9-14)22-18(17)15-10-7-11-16(12-15)23(25)26/h4-12H,3H2,1-2H3. The summed E-state index contributed by atoms with van der Waals surface area (Å²) in [5, 5.41) is 11.1. The molecule has 3 rings (SSSR count). The lowest BCUT2D eigenvalue weighted by Gasteiger charge is -2.13. The highest BCUT2D eigenvalue weighted by Crippen LogP contribution is 2.29. The van der Waals surface area contributed by atoms with E-state index in [1.165, 1.54) is 12.1 Å². The minimum atomic E-state index is -0.559. The van der Waals surface area contributed by atoms with E-state index in [0.717, 1.165) is 5.56 Å². The van der Waals surface area contributed by atoms with Crippen molar-refractivity contribution >= 4 is 11.7 Å². The van der Waals surface area contributed by atoms with Gasteiger partial charge >= 0.3 is 5.97 Å². The molecule has 0 aliphatic rings. The van der Waals surface area contributed by atoms with Gasteiger partial charge in [-0.25, -0.2) is 14.8 Å². The average molecular weight is 363 g/mol. The van der Waals surface area contributed by atoms with Crippen molar-refractivity contribution in [2.45, 2.75) is 13.8 Å². The van der Waals surface area contributed by atoms with Crippen LogP contribution in [0.3, 0.4) is 0 Å². The number of aryl methyl sites for hydroxylation is 1. The summed E-state index contributed by atoms with van der Waals surface area (Å²) < 4.78 is 5.14. The van der Waals surface area contributed by atoms with Crippen LogP contribution in [-0.4, -0.2) is 27.5 Å². The van der Waals surface area contributed by atoms with E-state index in [0.29, 0.717) is 22.8 Å². The summed E-state index contributed by atoms with van der Waals surface area (Å²) in [5.74, 6) is -0.126. The van der Waals surface area contributed by atoms with Crippen LogP contribution < -0.4 is 0 Å². The van der Waals surface area contributed by atoms with Crippen LogP contribution >= 0.6 is 0 Å². The first-order valence-corrected chi connectivity index (χ1v) is 8.37. The fourth-order valence-corrected chi connectivity index (χ4v) is 2.71. The van der Waals surface area contributed by atoms with Crippen LogP contribution in [-0.2, 0) is 4.74 Å². The van der Waals surface area contributed by atoms with E-state index in [-0.39, 0.29) is 17.9 Å². The maximum absolute atomic E-state index is 12.5. The molecule has 1 heterocycles. The Morgan fingerprint density at radius 3 is 2.44 bits per heavy atom. The molecule has 136 valence electrons. The molecule has 0 aliphatic heterocycles. The van der Waals surface area contributed by atoms with Gasteiger partial charge in [-0.15, -0.1) is 0 Å². The fraction of sp³-hybridized carbons (Fsp3) is 0.150. The third-order valence-electron chi connectivity index (χ3n) is 3.93. The highest BCUT2D eigenvalue weighted by Gasteiger charge is 2.22. The van der Waals surface area contributed by atoms with Crippen LogP contribution in [0.25, 0.3) is 22.6 Å². The summed E-state index contributed by atoms with van der Waals surface area (Å²) in [4.78, 5) is 32.1. The lowest BCUT2D eigenvalue weighted by atomic mass is 10.0. The van der Waals surface area contributed by atoms with Crippen LogP contribution in [0.15, 0.2) is 54.6 Å². The number of esters is 1. The second-order valence-corrected chi connectivity index (χ2v) is 5.75. The van der Waals surface area contributed by atoms with Crippen molar-refractivity contribution in [3.63, 3.8) is 0 Å². The number of nitro benzene ring substituents is 1. The van der Waals surface area contributed by atoms with Gasteiger partial charge in [0.2, 0.25) is 0 Å². The number of hydrogen-bond acceptors (Lipinski definition) is 6. The van der Waals surface area contributed by atoms with Crippen LogP contribution in [0.2, 0.25) is 0 Å². The number of rotatable bonds is 5. The summed E-state index contributed by atoms with van der Waals surface area (Å²) in [6.07, 6.45) is 0. The zero-order valence-corrected chi connectivity index (χ0v) is 14.9. The van der Waals surface area contributed by atoms with Gasteiger partial charge in [0, 0.05) is 23.3 Å². The third-order valence-corrected chi connectivity index (χ3v) is 3.93. The molecule has 27 heavy (non-hydrogen) atoms. The van der Waals surface area contributed by atoms with E-state index in [1.807, 2.05) is 30.3 Å². The van der Waals surface area contributed by atoms with E-state index < -0.39 is 10.9 Å². The molecule has 0 bridgehead atoms. The molecule has 0 aliphatic carbocycles. The fourth-order valence-electron chi connectivity index (χ4n) is 2.71. The SMILES string of the molecule is CCOC(=O)c1c(C)nc(-c2ccccc2)nc1-c1cccc([N+](=O)[O-])c1. The quantitative estimate of drug-likeness (QED) is 0.383. The zero-order chi connectivity index (χ0) is 19.4. The predicted molar refractivity (Wildman–Crippen MR) is 100 cm³/mol. The number of benzene rings is 2. The van der Waals surface area contributed by atoms with Gasteiger partial charge in [0.05, 0.1) is 22.9 Å². The topological polar surface area (TPSA) is 95.2 Å². The molecule has 0 N–H and O–H groups in total.